The van der Waals surface area contributed by atoms with Gasteiger partial charge in [0.15, 0.2) is 5.78 Å². The van der Waals surface area contributed by atoms with Crippen LogP contribution in [-0.2, 0) is 14.4 Å². The topological polar surface area (TPSA) is 106 Å². The molecule has 2 fully saturated rings. The van der Waals surface area contributed by atoms with Gasteiger partial charge in [0.2, 0.25) is 11.8 Å². The average molecular weight is 459 g/mol. The summed E-state index contributed by atoms with van der Waals surface area (Å²) in [7, 11) is 1.54. The number of nitrogens with zero attached hydrogens (tertiary/aromatic N) is 3. The molecule has 0 spiro atoms. The van der Waals surface area contributed by atoms with Crippen LogP contribution in [-0.4, -0.2) is 54.0 Å². The highest BCUT2D eigenvalue weighted by molar-refractivity contribution is 6.24. The van der Waals surface area contributed by atoms with Gasteiger partial charge in [-0.05, 0) is 54.6 Å². The van der Waals surface area contributed by atoms with E-state index in [-0.39, 0.29) is 5.78 Å². The molecular weight excluding hydrogens is 438 g/mol. The first-order valence-corrected chi connectivity index (χ1v) is 10.7. The van der Waals surface area contributed by atoms with Crippen LogP contribution in [0.1, 0.15) is 17.3 Å². The van der Waals surface area contributed by atoms with Gasteiger partial charge in [-0.15, -0.1) is 0 Å². The Hall–Kier alpha value is -4.27. The van der Waals surface area contributed by atoms with Crippen LogP contribution in [0.4, 0.5) is 5.69 Å². The minimum atomic E-state index is -0.925. The second-order valence-electron chi connectivity index (χ2n) is 8.21. The number of methoxy groups -OCH3 is 1. The number of esters is 1. The van der Waals surface area contributed by atoms with E-state index in [1.54, 1.807) is 59.8 Å². The van der Waals surface area contributed by atoms with E-state index in [1.807, 2.05) is 0 Å². The normalized spacial score (nSPS) is 24.8. The van der Waals surface area contributed by atoms with E-state index >= 15 is 0 Å². The summed E-state index contributed by atoms with van der Waals surface area (Å²) in [5.74, 6) is -2.34. The van der Waals surface area contributed by atoms with E-state index < -0.39 is 41.7 Å². The first-order chi connectivity index (χ1) is 16.4. The molecule has 5 rings (SSSR count). The molecule has 2 saturated heterocycles. The van der Waals surface area contributed by atoms with E-state index in [0.29, 0.717) is 22.7 Å². The van der Waals surface area contributed by atoms with Crippen LogP contribution in [0.25, 0.3) is 0 Å². The molecule has 0 saturated carbocycles. The van der Waals surface area contributed by atoms with Crippen molar-refractivity contribution >= 4 is 35.5 Å². The molecule has 0 unspecified atom stereocenters. The van der Waals surface area contributed by atoms with E-state index in [4.69, 9.17) is 9.47 Å². The van der Waals surface area contributed by atoms with Gasteiger partial charge in [-0.1, -0.05) is 6.08 Å². The lowest BCUT2D eigenvalue weighted by atomic mass is 9.86. The third-order valence-electron chi connectivity index (χ3n) is 6.29. The largest absolute Gasteiger partial charge is 0.497 e. The molecule has 0 radical (unpaired) electrons. The molecule has 2 amide bonds. The number of carbonyl (C=O) groups is 4. The molecule has 2 aromatic carbocycles. The van der Waals surface area contributed by atoms with Crippen molar-refractivity contribution in [2.45, 2.75) is 19.0 Å². The Morgan fingerprint density at radius 2 is 1.56 bits per heavy atom. The Kier molecular flexibility index (Phi) is 5.24. The minimum absolute atomic E-state index is 0.291. The lowest BCUT2D eigenvalue weighted by molar-refractivity contribution is -0.132. The Bertz CT molecular complexity index is 1230. The van der Waals surface area contributed by atoms with Crippen molar-refractivity contribution in [3.8, 4) is 11.5 Å². The first-order valence-electron chi connectivity index (χ1n) is 10.7. The molecule has 3 heterocycles. The highest BCUT2D eigenvalue weighted by Gasteiger charge is 2.64. The third-order valence-corrected chi connectivity index (χ3v) is 6.29. The molecule has 0 bridgehead atoms. The minimum Gasteiger partial charge on any atom is -0.497 e. The number of imide groups is 1. The van der Waals surface area contributed by atoms with Gasteiger partial charge in [-0.2, -0.15) is 5.10 Å². The van der Waals surface area contributed by atoms with Gasteiger partial charge in [0.1, 0.15) is 17.5 Å². The maximum absolute atomic E-state index is 13.6. The number of rotatable bonds is 5. The first kappa shape index (κ1) is 21.6. The molecule has 9 heteroatoms. The Balaban J connectivity index is 1.50. The Labute approximate surface area is 195 Å². The van der Waals surface area contributed by atoms with Crippen LogP contribution in [0.15, 0.2) is 65.8 Å². The summed E-state index contributed by atoms with van der Waals surface area (Å²) >= 11 is 0. The molecule has 34 heavy (non-hydrogen) atoms. The zero-order chi connectivity index (χ0) is 24.0. The molecule has 0 aromatic heterocycles. The number of benzene rings is 2. The van der Waals surface area contributed by atoms with Crippen LogP contribution in [0, 0.1) is 11.8 Å². The molecule has 0 N–H and O–H groups in total. The molecular formula is C25H21N3O6. The van der Waals surface area contributed by atoms with Crippen LogP contribution in [0.5, 0.6) is 11.5 Å². The van der Waals surface area contributed by atoms with Crippen LogP contribution in [0.3, 0.4) is 0 Å². The average Bonchev–Trinajstić information content (AvgIpc) is 3.31. The van der Waals surface area contributed by atoms with Gasteiger partial charge in [0, 0.05) is 18.7 Å². The van der Waals surface area contributed by atoms with Crippen LogP contribution in [0.2, 0.25) is 0 Å². The summed E-state index contributed by atoms with van der Waals surface area (Å²) in [4.78, 5) is 52.9. The third kappa shape index (κ3) is 3.37. The quantitative estimate of drug-likeness (QED) is 0.292. The highest BCUT2D eigenvalue weighted by atomic mass is 16.5. The van der Waals surface area contributed by atoms with Crippen molar-refractivity contribution < 1.29 is 28.7 Å². The molecule has 4 atom stereocenters. The fraction of sp³-hybridized carbons (Fsp3) is 0.240. The smallest absolute Gasteiger partial charge is 0.308 e. The number of Topliss-reactive ketones (excluding diaryl/α,β-unsaturated/α-hetero) is 1. The van der Waals surface area contributed by atoms with Gasteiger partial charge in [0.25, 0.3) is 0 Å². The Morgan fingerprint density at radius 1 is 0.912 bits per heavy atom. The lowest BCUT2D eigenvalue weighted by Crippen LogP contribution is -2.46. The summed E-state index contributed by atoms with van der Waals surface area (Å²) in [6, 6.07) is 11.3. The molecule has 3 aliphatic heterocycles. The van der Waals surface area contributed by atoms with E-state index in [1.165, 1.54) is 26.2 Å². The number of hydrogen-bond donors (Lipinski definition) is 0. The van der Waals surface area contributed by atoms with Crippen molar-refractivity contribution in [3.63, 3.8) is 0 Å². The number of amides is 2. The summed E-state index contributed by atoms with van der Waals surface area (Å²) in [6.45, 7) is 1.29. The summed E-state index contributed by atoms with van der Waals surface area (Å²) < 4.78 is 10.2. The zero-order valence-electron chi connectivity index (χ0n) is 18.5. The van der Waals surface area contributed by atoms with Crippen molar-refractivity contribution in [2.24, 2.45) is 16.9 Å². The summed E-state index contributed by atoms with van der Waals surface area (Å²) in [6.07, 6.45) is 5.06. The van der Waals surface area contributed by atoms with Gasteiger partial charge < -0.3 is 9.47 Å². The second kappa shape index (κ2) is 8.26. The van der Waals surface area contributed by atoms with Crippen molar-refractivity contribution in [1.29, 1.82) is 0 Å². The van der Waals surface area contributed by atoms with Crippen LogP contribution < -0.4 is 14.4 Å². The zero-order valence-corrected chi connectivity index (χ0v) is 18.5. The maximum Gasteiger partial charge on any atom is 0.308 e. The lowest BCUT2D eigenvalue weighted by Gasteiger charge is -2.30. The number of hydrazone groups is 1. The van der Waals surface area contributed by atoms with E-state index in [9.17, 15) is 19.2 Å². The second-order valence-corrected chi connectivity index (χ2v) is 8.21. The highest BCUT2D eigenvalue weighted by Crippen LogP contribution is 2.46. The number of fused-ring (bicyclic) bond motifs is 3. The van der Waals surface area contributed by atoms with Gasteiger partial charge >= 0.3 is 5.97 Å². The van der Waals surface area contributed by atoms with E-state index in [0.717, 1.165) is 4.90 Å². The number of anilines is 1. The SMILES string of the molecule is COc1ccc(C(=O)[C@@H]2[C@@H]3C(=O)N(c4ccc(OC(C)=O)cc4)C(=O)[C@H]3[C@@H]3C=CC=NN23)cc1. The maximum atomic E-state index is 13.6. The predicted octanol–water partition coefficient (Wildman–Crippen LogP) is 2.22. The number of carbonyl (C=O) groups excluding carboxylic acids is 4. The standard InChI is InChI=1S/C25H21N3O6/c1-14(29)34-18-11-7-16(8-12-18)27-24(31)20-19-4-3-13-26-28(19)22(21(20)25(27)32)23(30)15-5-9-17(33-2)10-6-15/h3-13,19-22H,1-2H3/t19-,20-,21+,22-/m0/s1. The molecule has 3 aliphatic rings. The van der Waals surface area contributed by atoms with Gasteiger partial charge in [-0.25, -0.2) is 4.90 Å². The van der Waals surface area contributed by atoms with Crippen LogP contribution >= 0.6 is 0 Å². The molecule has 172 valence electrons. The van der Waals surface area contributed by atoms with Gasteiger partial charge in [-0.3, -0.25) is 24.2 Å². The fourth-order valence-electron chi connectivity index (χ4n) is 4.85. The molecule has 0 aliphatic carbocycles. The van der Waals surface area contributed by atoms with Crippen molar-refractivity contribution in [2.75, 3.05) is 12.0 Å². The summed E-state index contributed by atoms with van der Waals surface area (Å²) in [5.41, 5.74) is 0.755. The number of hydrogen-bond acceptors (Lipinski definition) is 8. The predicted molar refractivity (Wildman–Crippen MR) is 122 cm³/mol. The van der Waals surface area contributed by atoms with Crippen molar-refractivity contribution in [1.82, 2.24) is 5.01 Å². The molecule has 9 nitrogen and oxygen atoms in total. The fourth-order valence-corrected chi connectivity index (χ4v) is 4.85. The molecule has 2 aromatic rings. The Morgan fingerprint density at radius 3 is 2.21 bits per heavy atom. The van der Waals surface area contributed by atoms with E-state index in [2.05, 4.69) is 5.10 Å². The summed E-state index contributed by atoms with van der Waals surface area (Å²) in [5, 5.41) is 5.91. The van der Waals surface area contributed by atoms with Gasteiger partial charge in [0.05, 0.1) is 30.7 Å². The number of ether oxygens (including phenoxy) is 2. The number of ketones is 1. The van der Waals surface area contributed by atoms with Crippen molar-refractivity contribution in [3.05, 3.63) is 66.2 Å². The monoisotopic (exact) mass is 459 g/mol. The number of allylic oxidation sites excluding steroid dienone is 1.